The first-order valence-electron chi connectivity index (χ1n) is 3.74. The van der Waals surface area contributed by atoms with Crippen molar-refractivity contribution in [1.82, 2.24) is 0 Å². The molecule has 1 aromatic rings. The second-order valence-electron chi connectivity index (χ2n) is 2.62. The Bertz CT molecular complexity index is 389. The fourth-order valence-corrected chi connectivity index (χ4v) is 1.06. The third-order valence-corrected chi connectivity index (χ3v) is 1.74. The van der Waals surface area contributed by atoms with Gasteiger partial charge < -0.3 is 10.8 Å². The molecule has 0 unspecified atom stereocenters. The summed E-state index contributed by atoms with van der Waals surface area (Å²) in [7, 11) is 0. The van der Waals surface area contributed by atoms with Crippen LogP contribution in [0.1, 0.15) is 15.9 Å². The van der Waals surface area contributed by atoms with Gasteiger partial charge in [-0.25, -0.2) is 0 Å². The van der Waals surface area contributed by atoms with Gasteiger partial charge in [-0.05, 0) is 11.6 Å². The summed E-state index contributed by atoms with van der Waals surface area (Å²) in [5, 5.41) is 19.2. The van der Waals surface area contributed by atoms with E-state index in [2.05, 4.69) is 0 Å². The van der Waals surface area contributed by atoms with E-state index in [0.29, 0.717) is 0 Å². The van der Waals surface area contributed by atoms with Crippen LogP contribution < -0.4 is 5.73 Å². The number of nitrogens with zero attached hydrogens (tertiary/aromatic N) is 1. The molecule has 14 heavy (non-hydrogen) atoms. The molecule has 0 spiro atoms. The third-order valence-electron chi connectivity index (χ3n) is 1.74. The summed E-state index contributed by atoms with van der Waals surface area (Å²) in [5.41, 5.74) is 5.07. The SMILES string of the molecule is NC(=O)c1ccc([N+](=O)[O-])cc1CO. The Hall–Kier alpha value is -1.95. The van der Waals surface area contributed by atoms with Crippen molar-refractivity contribution in [2.75, 3.05) is 0 Å². The lowest BCUT2D eigenvalue weighted by molar-refractivity contribution is -0.384. The van der Waals surface area contributed by atoms with Crippen LogP contribution in [0.5, 0.6) is 0 Å². The molecular formula is C8H8N2O4. The molecule has 0 atom stereocenters. The summed E-state index contributed by atoms with van der Waals surface area (Å²) in [6, 6.07) is 3.52. The quantitative estimate of drug-likeness (QED) is 0.531. The fourth-order valence-electron chi connectivity index (χ4n) is 1.06. The van der Waals surface area contributed by atoms with Crippen molar-refractivity contribution in [3.8, 4) is 0 Å². The maximum Gasteiger partial charge on any atom is 0.269 e. The van der Waals surface area contributed by atoms with E-state index in [1.807, 2.05) is 0 Å². The Labute approximate surface area is 79.1 Å². The topological polar surface area (TPSA) is 106 Å². The van der Waals surface area contributed by atoms with Crippen LogP contribution in [0.25, 0.3) is 0 Å². The Balaban J connectivity index is 3.25. The molecule has 74 valence electrons. The zero-order chi connectivity index (χ0) is 10.7. The number of rotatable bonds is 3. The molecule has 0 saturated carbocycles. The molecule has 3 N–H and O–H groups in total. The predicted octanol–water partition coefficient (Wildman–Crippen LogP) is 0.186. The van der Waals surface area contributed by atoms with Gasteiger partial charge in [-0.2, -0.15) is 0 Å². The van der Waals surface area contributed by atoms with Crippen molar-refractivity contribution >= 4 is 11.6 Å². The number of nitrogens with two attached hydrogens (primary N) is 1. The highest BCUT2D eigenvalue weighted by Crippen LogP contribution is 2.17. The highest BCUT2D eigenvalue weighted by molar-refractivity contribution is 5.94. The van der Waals surface area contributed by atoms with Crippen LogP contribution in [0, 0.1) is 10.1 Å². The number of hydrogen-bond donors (Lipinski definition) is 2. The second kappa shape index (κ2) is 3.84. The molecule has 0 aliphatic carbocycles. The lowest BCUT2D eigenvalue weighted by Crippen LogP contribution is -2.13. The maximum absolute atomic E-state index is 10.8. The van der Waals surface area contributed by atoms with Crippen LogP contribution in [0.2, 0.25) is 0 Å². The summed E-state index contributed by atoms with van der Waals surface area (Å²) in [5.74, 6) is -0.719. The molecule has 6 heteroatoms. The highest BCUT2D eigenvalue weighted by Gasteiger charge is 2.12. The van der Waals surface area contributed by atoms with Crippen molar-refractivity contribution in [3.05, 3.63) is 39.4 Å². The molecule has 6 nitrogen and oxygen atoms in total. The van der Waals surface area contributed by atoms with E-state index >= 15 is 0 Å². The van der Waals surface area contributed by atoms with Crippen LogP contribution in [0.15, 0.2) is 18.2 Å². The summed E-state index contributed by atoms with van der Waals surface area (Å²) in [6.45, 7) is -0.458. The summed E-state index contributed by atoms with van der Waals surface area (Å²) < 4.78 is 0. The van der Waals surface area contributed by atoms with Gasteiger partial charge in [0.15, 0.2) is 0 Å². The van der Waals surface area contributed by atoms with Crippen molar-refractivity contribution in [2.45, 2.75) is 6.61 Å². The zero-order valence-corrected chi connectivity index (χ0v) is 7.14. The van der Waals surface area contributed by atoms with Crippen LogP contribution in [0.3, 0.4) is 0 Å². The first kappa shape index (κ1) is 10.1. The van der Waals surface area contributed by atoms with E-state index in [-0.39, 0.29) is 16.8 Å². The molecule has 0 aromatic heterocycles. The minimum atomic E-state index is -0.719. The summed E-state index contributed by atoms with van der Waals surface area (Å²) in [6.07, 6.45) is 0. The smallest absolute Gasteiger partial charge is 0.269 e. The Kier molecular flexibility index (Phi) is 2.78. The molecule has 0 saturated heterocycles. The number of primary amides is 1. The number of benzene rings is 1. The standard InChI is InChI=1S/C8H8N2O4/c9-8(12)7-2-1-6(10(13)14)3-5(7)4-11/h1-3,11H,4H2,(H2,9,12). The summed E-state index contributed by atoms with van der Waals surface area (Å²) in [4.78, 5) is 20.6. The van der Waals surface area contributed by atoms with Crippen LogP contribution >= 0.6 is 0 Å². The van der Waals surface area contributed by atoms with E-state index in [4.69, 9.17) is 10.8 Å². The van der Waals surface area contributed by atoms with Crippen molar-refractivity contribution in [1.29, 1.82) is 0 Å². The molecule has 0 radical (unpaired) electrons. The average Bonchev–Trinajstić information content (AvgIpc) is 2.16. The van der Waals surface area contributed by atoms with E-state index in [9.17, 15) is 14.9 Å². The molecule has 0 aliphatic heterocycles. The van der Waals surface area contributed by atoms with Gasteiger partial charge in [0.2, 0.25) is 5.91 Å². The largest absolute Gasteiger partial charge is 0.392 e. The first-order chi connectivity index (χ1) is 6.56. The minimum absolute atomic E-state index is 0.0955. The van der Waals surface area contributed by atoms with Gasteiger partial charge in [-0.3, -0.25) is 14.9 Å². The zero-order valence-electron chi connectivity index (χ0n) is 7.14. The predicted molar refractivity (Wildman–Crippen MR) is 47.5 cm³/mol. The van der Waals surface area contributed by atoms with Crippen molar-refractivity contribution < 1.29 is 14.8 Å². The van der Waals surface area contributed by atoms with E-state index in [1.54, 1.807) is 0 Å². The number of non-ortho nitro benzene ring substituents is 1. The van der Waals surface area contributed by atoms with Crippen LogP contribution in [-0.2, 0) is 6.61 Å². The molecule has 0 heterocycles. The fraction of sp³-hybridized carbons (Fsp3) is 0.125. The molecule has 0 aliphatic rings. The lowest BCUT2D eigenvalue weighted by atomic mass is 10.1. The van der Waals surface area contributed by atoms with Gasteiger partial charge >= 0.3 is 0 Å². The number of amides is 1. The number of aliphatic hydroxyl groups excluding tert-OH is 1. The molecular weight excluding hydrogens is 188 g/mol. The van der Waals surface area contributed by atoms with Crippen molar-refractivity contribution in [3.63, 3.8) is 0 Å². The average molecular weight is 196 g/mol. The molecule has 0 fully saturated rings. The van der Waals surface area contributed by atoms with Gasteiger partial charge in [0, 0.05) is 17.7 Å². The van der Waals surface area contributed by atoms with Gasteiger partial charge in [-0.15, -0.1) is 0 Å². The molecule has 1 rings (SSSR count). The van der Waals surface area contributed by atoms with E-state index in [0.717, 1.165) is 6.07 Å². The van der Waals surface area contributed by atoms with Crippen LogP contribution in [0.4, 0.5) is 5.69 Å². The van der Waals surface area contributed by atoms with Crippen LogP contribution in [-0.4, -0.2) is 15.9 Å². The number of aliphatic hydroxyl groups is 1. The maximum atomic E-state index is 10.8. The van der Waals surface area contributed by atoms with Gasteiger partial charge in [0.1, 0.15) is 0 Å². The highest BCUT2D eigenvalue weighted by atomic mass is 16.6. The number of carbonyl (C=O) groups is 1. The van der Waals surface area contributed by atoms with E-state index in [1.165, 1.54) is 12.1 Å². The van der Waals surface area contributed by atoms with E-state index < -0.39 is 17.4 Å². The summed E-state index contributed by atoms with van der Waals surface area (Å²) >= 11 is 0. The molecule has 1 aromatic carbocycles. The number of carbonyl (C=O) groups excluding carboxylic acids is 1. The second-order valence-corrected chi connectivity index (χ2v) is 2.62. The number of hydrogen-bond acceptors (Lipinski definition) is 4. The van der Waals surface area contributed by atoms with Gasteiger partial charge in [0.05, 0.1) is 11.5 Å². The molecule has 0 bridgehead atoms. The number of nitro groups is 1. The Morgan fingerprint density at radius 1 is 1.57 bits per heavy atom. The first-order valence-corrected chi connectivity index (χ1v) is 3.74. The minimum Gasteiger partial charge on any atom is -0.392 e. The van der Waals surface area contributed by atoms with Crippen molar-refractivity contribution in [2.24, 2.45) is 5.73 Å². The van der Waals surface area contributed by atoms with Gasteiger partial charge in [0.25, 0.3) is 5.69 Å². The Morgan fingerprint density at radius 3 is 2.64 bits per heavy atom. The van der Waals surface area contributed by atoms with Gasteiger partial charge in [-0.1, -0.05) is 0 Å². The lowest BCUT2D eigenvalue weighted by Gasteiger charge is -2.02. The molecule has 1 amide bonds. The normalized spacial score (nSPS) is 9.79. The third kappa shape index (κ3) is 1.86. The monoisotopic (exact) mass is 196 g/mol. The number of nitro benzene ring substituents is 1. The Morgan fingerprint density at radius 2 is 2.21 bits per heavy atom.